The van der Waals surface area contributed by atoms with E-state index in [-0.39, 0.29) is 46.9 Å². The van der Waals surface area contributed by atoms with Crippen LogP contribution >= 0.6 is 0 Å². The molecule has 0 aromatic rings. The average molecular weight is 449 g/mol. The highest BCUT2D eigenvalue weighted by Gasteiger charge is 2.20. The van der Waals surface area contributed by atoms with Gasteiger partial charge in [-0.25, -0.2) is 34.7 Å². The van der Waals surface area contributed by atoms with Gasteiger partial charge >= 0.3 is 0 Å². The number of hydrogen-bond acceptors (Lipinski definition) is 6. The molecule has 0 amide bonds. The molecule has 0 saturated heterocycles. The van der Waals surface area contributed by atoms with Crippen molar-refractivity contribution >= 4 is 29.9 Å². The monoisotopic (exact) mass is 448 g/mol. The minimum atomic E-state index is -3.57. The van der Waals surface area contributed by atoms with Gasteiger partial charge in [-0.15, -0.1) is 0 Å². The molecule has 0 unspecified atom stereocenters. The zero-order chi connectivity index (χ0) is 21.6. The number of sulfonamides is 2. The highest BCUT2D eigenvalue weighted by Crippen LogP contribution is 2.19. The number of rotatable bonds is 12. The molecule has 0 saturated carbocycles. The predicted octanol–water partition coefficient (Wildman–Crippen LogP) is 1.11. The molecule has 0 rings (SSSR count). The molecule has 0 aliphatic heterocycles. The van der Waals surface area contributed by atoms with E-state index in [1.807, 2.05) is 41.5 Å². The molecule has 0 aromatic carbocycles. The second-order valence-electron chi connectivity index (χ2n) is 9.20. The van der Waals surface area contributed by atoms with E-state index in [0.29, 0.717) is 12.8 Å². The molecule has 0 aliphatic rings. The van der Waals surface area contributed by atoms with Crippen LogP contribution in [0.2, 0.25) is 0 Å². The Bertz CT molecular complexity index is 698. The molecule has 8 nitrogen and oxygen atoms in total. The first-order valence-electron chi connectivity index (χ1n) is 8.98. The van der Waals surface area contributed by atoms with Crippen LogP contribution < -0.4 is 9.44 Å². The summed E-state index contributed by atoms with van der Waals surface area (Å²) in [6.07, 6.45) is 0.927. The van der Waals surface area contributed by atoms with Crippen LogP contribution in [0.5, 0.6) is 0 Å². The van der Waals surface area contributed by atoms with Crippen LogP contribution in [-0.4, -0.2) is 61.4 Å². The fourth-order valence-electron chi connectivity index (χ4n) is 1.83. The molecule has 0 fully saturated rings. The molecule has 164 valence electrons. The molecule has 2 N–H and O–H groups in total. The predicted molar refractivity (Wildman–Crippen MR) is 110 cm³/mol. The molecular weight excluding hydrogens is 412 g/mol. The first-order chi connectivity index (χ1) is 11.8. The van der Waals surface area contributed by atoms with Crippen molar-refractivity contribution in [3.63, 3.8) is 0 Å². The minimum Gasteiger partial charge on any atom is -0.229 e. The topological polar surface area (TPSA) is 126 Å². The lowest BCUT2D eigenvalue weighted by Gasteiger charge is -2.18. The van der Waals surface area contributed by atoms with Crippen molar-refractivity contribution in [1.82, 2.24) is 9.44 Å². The van der Waals surface area contributed by atoms with E-state index >= 15 is 0 Å². The van der Waals surface area contributed by atoms with Crippen molar-refractivity contribution in [2.45, 2.75) is 54.4 Å². The standard InChI is InChI=1S/C16H36N2O6S3/c1-15(2,3)7-11-26(21,22)17-9-13-25(19,20)14-10-18-27(23,24)12-8-16(4,5)6/h17-18H,7-14H2,1-6H3. The third kappa shape index (κ3) is 16.4. The Morgan fingerprint density at radius 3 is 1.11 bits per heavy atom. The zero-order valence-electron chi connectivity index (χ0n) is 17.3. The van der Waals surface area contributed by atoms with Crippen LogP contribution in [0.3, 0.4) is 0 Å². The highest BCUT2D eigenvalue weighted by molar-refractivity contribution is 7.92. The van der Waals surface area contributed by atoms with Gasteiger partial charge in [-0.1, -0.05) is 41.5 Å². The fraction of sp³-hybridized carbons (Fsp3) is 1.00. The minimum absolute atomic E-state index is 0.0654. The Kier molecular flexibility index (Phi) is 9.91. The third-order valence-electron chi connectivity index (χ3n) is 3.71. The molecule has 0 aromatic heterocycles. The highest BCUT2D eigenvalue weighted by atomic mass is 32.2. The average Bonchev–Trinajstić information content (AvgIpc) is 2.41. The summed E-state index contributed by atoms with van der Waals surface area (Å²) in [7, 11) is -10.6. The van der Waals surface area contributed by atoms with Gasteiger partial charge in [-0.3, -0.25) is 0 Å². The van der Waals surface area contributed by atoms with Gasteiger partial charge in [0.05, 0.1) is 23.0 Å². The SMILES string of the molecule is CC(C)(C)CCS(=O)(=O)NCCS(=O)(=O)CCNS(=O)(=O)CCC(C)(C)C. The van der Waals surface area contributed by atoms with E-state index in [4.69, 9.17) is 0 Å². The molecule has 11 heteroatoms. The van der Waals surface area contributed by atoms with Crippen molar-refractivity contribution < 1.29 is 25.3 Å². The first kappa shape index (κ1) is 26.8. The lowest BCUT2D eigenvalue weighted by molar-refractivity contribution is 0.396. The molecule has 0 aliphatic carbocycles. The van der Waals surface area contributed by atoms with Crippen molar-refractivity contribution in [3.05, 3.63) is 0 Å². The summed E-state index contributed by atoms with van der Waals surface area (Å²) < 4.78 is 76.0. The van der Waals surface area contributed by atoms with Crippen molar-refractivity contribution in [1.29, 1.82) is 0 Å². The molecule has 0 spiro atoms. The summed E-state index contributed by atoms with van der Waals surface area (Å²) in [5.74, 6) is -0.870. The molecular formula is C16H36N2O6S3. The van der Waals surface area contributed by atoms with Gasteiger partial charge < -0.3 is 0 Å². The quantitative estimate of drug-likeness (QED) is 0.460. The van der Waals surface area contributed by atoms with E-state index in [2.05, 4.69) is 9.44 Å². The Labute approximate surface area is 165 Å². The molecule has 27 heavy (non-hydrogen) atoms. The number of sulfone groups is 1. The van der Waals surface area contributed by atoms with Gasteiger partial charge in [-0.05, 0) is 23.7 Å². The Hall–Kier alpha value is -0.230. The van der Waals surface area contributed by atoms with Crippen molar-refractivity contribution in [2.75, 3.05) is 36.1 Å². The smallest absolute Gasteiger partial charge is 0.211 e. The summed E-state index contributed by atoms with van der Waals surface area (Å²) in [4.78, 5) is 0. The van der Waals surface area contributed by atoms with Crippen LogP contribution in [0.4, 0.5) is 0 Å². The van der Waals surface area contributed by atoms with Crippen LogP contribution in [-0.2, 0) is 29.9 Å². The Balaban J connectivity index is 4.32. The van der Waals surface area contributed by atoms with E-state index in [0.717, 1.165) is 0 Å². The van der Waals surface area contributed by atoms with Gasteiger partial charge in [0.1, 0.15) is 0 Å². The van der Waals surface area contributed by atoms with E-state index in [1.54, 1.807) is 0 Å². The van der Waals surface area contributed by atoms with Gasteiger partial charge in [-0.2, -0.15) is 0 Å². The number of hydrogen-bond donors (Lipinski definition) is 2. The lowest BCUT2D eigenvalue weighted by atomic mass is 9.94. The van der Waals surface area contributed by atoms with Crippen LogP contribution in [0.15, 0.2) is 0 Å². The summed E-state index contributed by atoms with van der Waals surface area (Å²) in [5, 5.41) is 0. The van der Waals surface area contributed by atoms with Crippen molar-refractivity contribution in [3.8, 4) is 0 Å². The van der Waals surface area contributed by atoms with E-state index in [1.165, 1.54) is 0 Å². The molecule has 0 heterocycles. The largest absolute Gasteiger partial charge is 0.229 e. The van der Waals surface area contributed by atoms with Gasteiger partial charge in [0.15, 0.2) is 9.84 Å². The van der Waals surface area contributed by atoms with Crippen molar-refractivity contribution in [2.24, 2.45) is 10.8 Å². The van der Waals surface area contributed by atoms with E-state index < -0.39 is 29.9 Å². The maximum atomic E-state index is 12.0. The number of nitrogens with one attached hydrogen (secondary N) is 2. The van der Waals surface area contributed by atoms with Crippen LogP contribution in [0.25, 0.3) is 0 Å². The Morgan fingerprint density at radius 1 is 0.556 bits per heavy atom. The molecule has 0 radical (unpaired) electrons. The fourth-order valence-corrected chi connectivity index (χ4v) is 6.00. The zero-order valence-corrected chi connectivity index (χ0v) is 19.8. The summed E-state index contributed by atoms with van der Waals surface area (Å²) in [6.45, 7) is 11.1. The Morgan fingerprint density at radius 2 is 0.852 bits per heavy atom. The lowest BCUT2D eigenvalue weighted by Crippen LogP contribution is -2.35. The third-order valence-corrected chi connectivity index (χ3v) is 8.13. The normalized spacial score (nSPS) is 14.4. The van der Waals surface area contributed by atoms with Gasteiger partial charge in [0.2, 0.25) is 20.0 Å². The second-order valence-corrected chi connectivity index (χ2v) is 15.4. The summed E-state index contributed by atoms with van der Waals surface area (Å²) in [6, 6.07) is 0. The maximum absolute atomic E-state index is 12.0. The molecule has 0 bridgehead atoms. The van der Waals surface area contributed by atoms with Crippen LogP contribution in [0.1, 0.15) is 54.4 Å². The molecule has 0 atom stereocenters. The second kappa shape index (κ2) is 10.00. The van der Waals surface area contributed by atoms with Crippen LogP contribution in [0, 0.1) is 10.8 Å². The van der Waals surface area contributed by atoms with Gasteiger partial charge in [0, 0.05) is 13.1 Å². The summed E-state index contributed by atoms with van der Waals surface area (Å²) in [5.41, 5.74) is -0.268. The van der Waals surface area contributed by atoms with Gasteiger partial charge in [0.25, 0.3) is 0 Å². The van der Waals surface area contributed by atoms with E-state index in [9.17, 15) is 25.3 Å². The maximum Gasteiger partial charge on any atom is 0.211 e. The summed E-state index contributed by atoms with van der Waals surface area (Å²) >= 11 is 0. The first-order valence-corrected chi connectivity index (χ1v) is 14.1.